The van der Waals surface area contributed by atoms with E-state index in [0.29, 0.717) is 5.41 Å². The molecule has 0 spiro atoms. The number of hydrogen-bond acceptors (Lipinski definition) is 3. The third-order valence-corrected chi connectivity index (χ3v) is 4.62. The fourth-order valence-electron chi connectivity index (χ4n) is 3.55. The molecule has 0 bridgehead atoms. The van der Waals surface area contributed by atoms with Crippen LogP contribution in [0.15, 0.2) is 0 Å². The number of nitrogens with one attached hydrogen (secondary N) is 1. The molecule has 0 unspecified atom stereocenters. The van der Waals surface area contributed by atoms with Crippen LogP contribution in [0.2, 0.25) is 0 Å². The molecule has 0 radical (unpaired) electrons. The van der Waals surface area contributed by atoms with Crippen LogP contribution in [-0.2, 0) is 0 Å². The zero-order valence-electron chi connectivity index (χ0n) is 11.7. The van der Waals surface area contributed by atoms with Gasteiger partial charge in [0.25, 0.3) is 0 Å². The van der Waals surface area contributed by atoms with Gasteiger partial charge < -0.3 is 15.1 Å². The summed E-state index contributed by atoms with van der Waals surface area (Å²) in [5, 5.41) is 3.44. The highest BCUT2D eigenvalue weighted by atomic mass is 15.2. The topological polar surface area (TPSA) is 18.5 Å². The van der Waals surface area contributed by atoms with Crippen LogP contribution in [0.4, 0.5) is 0 Å². The number of nitrogens with zero attached hydrogens (tertiary/aromatic N) is 2. The van der Waals surface area contributed by atoms with E-state index in [4.69, 9.17) is 0 Å². The highest BCUT2D eigenvalue weighted by Crippen LogP contribution is 2.36. The molecule has 1 heterocycles. The molecule has 1 saturated heterocycles. The standard InChI is InChI=1S/C14H29N3/c1-15-12-14(6-4-3-5-7-14)13-17-10-8-16(2)9-11-17/h15H,3-13H2,1-2H3. The van der Waals surface area contributed by atoms with Gasteiger partial charge in [0.05, 0.1) is 0 Å². The normalized spacial score (nSPS) is 27.2. The lowest BCUT2D eigenvalue weighted by Gasteiger charge is -2.43. The first-order valence-electron chi connectivity index (χ1n) is 7.30. The van der Waals surface area contributed by atoms with Crippen LogP contribution in [0, 0.1) is 5.41 Å². The van der Waals surface area contributed by atoms with Gasteiger partial charge in [-0.05, 0) is 32.4 Å². The van der Waals surface area contributed by atoms with Gasteiger partial charge in [0, 0.05) is 39.3 Å². The molecule has 2 fully saturated rings. The molecule has 0 amide bonds. The number of likely N-dealkylation sites (N-methyl/N-ethyl adjacent to an activating group) is 1. The molecule has 0 atom stereocenters. The van der Waals surface area contributed by atoms with Crippen LogP contribution in [0.25, 0.3) is 0 Å². The summed E-state index contributed by atoms with van der Waals surface area (Å²) in [5.41, 5.74) is 0.572. The fourth-order valence-corrected chi connectivity index (χ4v) is 3.55. The fraction of sp³-hybridized carbons (Fsp3) is 1.00. The van der Waals surface area contributed by atoms with Gasteiger partial charge in [0.1, 0.15) is 0 Å². The van der Waals surface area contributed by atoms with E-state index in [0.717, 1.165) is 0 Å². The molecule has 17 heavy (non-hydrogen) atoms. The van der Waals surface area contributed by atoms with Crippen LogP contribution in [0.1, 0.15) is 32.1 Å². The summed E-state index contributed by atoms with van der Waals surface area (Å²) in [6.45, 7) is 7.55. The molecule has 2 aliphatic rings. The highest BCUT2D eigenvalue weighted by Gasteiger charge is 2.33. The lowest BCUT2D eigenvalue weighted by atomic mass is 9.73. The average Bonchev–Trinajstić information content (AvgIpc) is 2.34. The van der Waals surface area contributed by atoms with Crippen molar-refractivity contribution in [1.82, 2.24) is 15.1 Å². The van der Waals surface area contributed by atoms with Gasteiger partial charge in [0.15, 0.2) is 0 Å². The summed E-state index contributed by atoms with van der Waals surface area (Å²) in [6, 6.07) is 0. The molecule has 1 aliphatic carbocycles. The zero-order valence-corrected chi connectivity index (χ0v) is 11.7. The molecular formula is C14H29N3. The Morgan fingerprint density at radius 1 is 1.00 bits per heavy atom. The molecule has 3 nitrogen and oxygen atoms in total. The molecule has 3 heteroatoms. The number of hydrogen-bond donors (Lipinski definition) is 1. The predicted molar refractivity (Wildman–Crippen MR) is 73.4 cm³/mol. The van der Waals surface area contributed by atoms with Gasteiger partial charge in [0.2, 0.25) is 0 Å². The lowest BCUT2D eigenvalue weighted by molar-refractivity contribution is 0.0707. The van der Waals surface area contributed by atoms with Gasteiger partial charge in [-0.3, -0.25) is 0 Å². The molecule has 0 aromatic heterocycles. The Labute approximate surface area is 107 Å². The second kappa shape index (κ2) is 6.17. The quantitative estimate of drug-likeness (QED) is 0.800. The first-order valence-corrected chi connectivity index (χ1v) is 7.30. The van der Waals surface area contributed by atoms with E-state index >= 15 is 0 Å². The first-order chi connectivity index (χ1) is 8.24. The molecule has 100 valence electrons. The van der Waals surface area contributed by atoms with E-state index in [9.17, 15) is 0 Å². The average molecular weight is 239 g/mol. The highest BCUT2D eigenvalue weighted by molar-refractivity contribution is 4.88. The van der Waals surface area contributed by atoms with Crippen molar-refractivity contribution < 1.29 is 0 Å². The first kappa shape index (κ1) is 13.3. The lowest BCUT2D eigenvalue weighted by Crippen LogP contribution is -2.51. The Bertz CT molecular complexity index is 210. The molecule has 1 saturated carbocycles. The van der Waals surface area contributed by atoms with Crippen molar-refractivity contribution in [2.45, 2.75) is 32.1 Å². The minimum Gasteiger partial charge on any atom is -0.319 e. The van der Waals surface area contributed by atoms with E-state index in [-0.39, 0.29) is 0 Å². The molecule has 1 aliphatic heterocycles. The molecule has 1 N–H and O–H groups in total. The van der Waals surface area contributed by atoms with E-state index in [1.807, 2.05) is 0 Å². The minimum absolute atomic E-state index is 0.572. The molecule has 0 aromatic rings. The van der Waals surface area contributed by atoms with Crippen molar-refractivity contribution in [2.75, 3.05) is 53.4 Å². The smallest absolute Gasteiger partial charge is 0.0110 e. The predicted octanol–water partition coefficient (Wildman–Crippen LogP) is 1.40. The van der Waals surface area contributed by atoms with Gasteiger partial charge in [-0.15, -0.1) is 0 Å². The van der Waals surface area contributed by atoms with Crippen molar-refractivity contribution in [2.24, 2.45) is 5.41 Å². The van der Waals surface area contributed by atoms with E-state index in [1.54, 1.807) is 0 Å². The van der Waals surface area contributed by atoms with Gasteiger partial charge in [-0.2, -0.15) is 0 Å². The number of piperazine rings is 1. The summed E-state index contributed by atoms with van der Waals surface area (Å²) >= 11 is 0. The van der Waals surface area contributed by atoms with Gasteiger partial charge in [-0.1, -0.05) is 19.3 Å². The minimum atomic E-state index is 0.572. The third kappa shape index (κ3) is 3.67. The van der Waals surface area contributed by atoms with E-state index in [2.05, 4.69) is 29.2 Å². The Kier molecular flexibility index (Phi) is 4.83. The SMILES string of the molecule is CNCC1(CN2CCN(C)CC2)CCCCC1. The largest absolute Gasteiger partial charge is 0.319 e. The van der Waals surface area contributed by atoms with E-state index < -0.39 is 0 Å². The summed E-state index contributed by atoms with van der Waals surface area (Å²) in [5.74, 6) is 0. The third-order valence-electron chi connectivity index (χ3n) is 4.62. The van der Waals surface area contributed by atoms with E-state index in [1.165, 1.54) is 71.4 Å². The summed E-state index contributed by atoms with van der Waals surface area (Å²) in [4.78, 5) is 5.14. The van der Waals surface area contributed by atoms with Crippen molar-refractivity contribution in [3.05, 3.63) is 0 Å². The zero-order chi connectivity index (χ0) is 12.1. The monoisotopic (exact) mass is 239 g/mol. The summed E-state index contributed by atoms with van der Waals surface area (Å²) in [6.07, 6.45) is 7.19. The van der Waals surface area contributed by atoms with Gasteiger partial charge >= 0.3 is 0 Å². The summed E-state index contributed by atoms with van der Waals surface area (Å²) < 4.78 is 0. The van der Waals surface area contributed by atoms with Crippen LogP contribution in [0.3, 0.4) is 0 Å². The maximum absolute atomic E-state index is 3.44. The maximum Gasteiger partial charge on any atom is 0.0110 e. The summed E-state index contributed by atoms with van der Waals surface area (Å²) in [7, 11) is 4.35. The van der Waals surface area contributed by atoms with Crippen LogP contribution in [0.5, 0.6) is 0 Å². The van der Waals surface area contributed by atoms with Crippen LogP contribution < -0.4 is 5.32 Å². The molecule has 2 rings (SSSR count). The van der Waals surface area contributed by atoms with Crippen molar-refractivity contribution in [1.29, 1.82) is 0 Å². The van der Waals surface area contributed by atoms with Crippen LogP contribution >= 0.6 is 0 Å². The van der Waals surface area contributed by atoms with Crippen molar-refractivity contribution in [3.8, 4) is 0 Å². The Morgan fingerprint density at radius 3 is 2.24 bits per heavy atom. The second-order valence-corrected chi connectivity index (χ2v) is 6.17. The van der Waals surface area contributed by atoms with Crippen molar-refractivity contribution >= 4 is 0 Å². The van der Waals surface area contributed by atoms with Gasteiger partial charge in [-0.25, -0.2) is 0 Å². The maximum atomic E-state index is 3.44. The Balaban J connectivity index is 1.88. The Morgan fingerprint density at radius 2 is 1.65 bits per heavy atom. The Hall–Kier alpha value is -0.120. The molecular weight excluding hydrogens is 210 g/mol. The molecule has 0 aromatic carbocycles. The van der Waals surface area contributed by atoms with Crippen molar-refractivity contribution in [3.63, 3.8) is 0 Å². The number of rotatable bonds is 4. The van der Waals surface area contributed by atoms with Crippen LogP contribution in [-0.4, -0.2) is 63.2 Å². The second-order valence-electron chi connectivity index (χ2n) is 6.17.